The van der Waals surface area contributed by atoms with Crippen LogP contribution in [0.1, 0.15) is 35.9 Å². The molecule has 0 aliphatic heterocycles. The van der Waals surface area contributed by atoms with Crippen LogP contribution in [0, 0.1) is 12.8 Å². The van der Waals surface area contributed by atoms with Crippen LogP contribution in [-0.4, -0.2) is 23.5 Å². The number of hydrogen-bond acceptors (Lipinski definition) is 3. The van der Waals surface area contributed by atoms with Gasteiger partial charge >= 0.3 is 5.97 Å². The van der Waals surface area contributed by atoms with Crippen molar-refractivity contribution in [3.05, 3.63) is 23.7 Å². The quantitative estimate of drug-likeness (QED) is 0.793. The first-order valence-corrected chi connectivity index (χ1v) is 5.61. The fraction of sp³-hybridized carbons (Fsp3) is 0.500. The number of carbonyl (C=O) groups is 2. The van der Waals surface area contributed by atoms with Gasteiger partial charge < -0.3 is 14.8 Å². The molecule has 0 aliphatic carbocycles. The highest BCUT2D eigenvalue weighted by atomic mass is 16.4. The van der Waals surface area contributed by atoms with Gasteiger partial charge in [-0.05, 0) is 19.4 Å². The highest BCUT2D eigenvalue weighted by Crippen LogP contribution is 2.09. The summed E-state index contributed by atoms with van der Waals surface area (Å²) in [4.78, 5) is 22.6. The molecule has 0 bridgehead atoms. The van der Waals surface area contributed by atoms with Gasteiger partial charge in [0.15, 0.2) is 0 Å². The maximum atomic E-state index is 11.7. The summed E-state index contributed by atoms with van der Waals surface area (Å²) in [6, 6.07) is 1.57. The van der Waals surface area contributed by atoms with Gasteiger partial charge in [-0.15, -0.1) is 0 Å². The van der Waals surface area contributed by atoms with Crippen molar-refractivity contribution in [3.8, 4) is 0 Å². The Morgan fingerprint density at radius 1 is 1.53 bits per heavy atom. The third kappa shape index (κ3) is 3.62. The summed E-state index contributed by atoms with van der Waals surface area (Å²) in [6.45, 7) is 3.75. The van der Waals surface area contributed by atoms with Crippen molar-refractivity contribution in [1.82, 2.24) is 5.32 Å². The van der Waals surface area contributed by atoms with Crippen LogP contribution in [0.15, 0.2) is 16.7 Å². The molecular formula is C12H17NO4. The van der Waals surface area contributed by atoms with E-state index in [0.29, 0.717) is 17.7 Å². The summed E-state index contributed by atoms with van der Waals surface area (Å²) in [5.41, 5.74) is 0.450. The van der Waals surface area contributed by atoms with Gasteiger partial charge in [0.25, 0.3) is 5.91 Å². The Labute approximate surface area is 99.8 Å². The lowest BCUT2D eigenvalue weighted by Gasteiger charge is -2.11. The molecule has 0 aromatic carbocycles. The highest BCUT2D eigenvalue weighted by Gasteiger charge is 2.18. The van der Waals surface area contributed by atoms with E-state index in [-0.39, 0.29) is 12.5 Å². The van der Waals surface area contributed by atoms with E-state index in [2.05, 4.69) is 5.32 Å². The van der Waals surface area contributed by atoms with Crippen molar-refractivity contribution in [2.75, 3.05) is 6.54 Å². The molecule has 0 spiro atoms. The van der Waals surface area contributed by atoms with Crippen LogP contribution in [0.4, 0.5) is 0 Å². The Balaban J connectivity index is 2.52. The molecule has 1 rings (SSSR count). The molecule has 0 radical (unpaired) electrons. The molecule has 0 saturated carbocycles. The highest BCUT2D eigenvalue weighted by molar-refractivity contribution is 5.95. The number of hydrogen-bond donors (Lipinski definition) is 2. The summed E-state index contributed by atoms with van der Waals surface area (Å²) >= 11 is 0. The maximum Gasteiger partial charge on any atom is 0.308 e. The lowest BCUT2D eigenvalue weighted by atomic mass is 10.0. The second kappa shape index (κ2) is 6.08. The zero-order valence-corrected chi connectivity index (χ0v) is 10.0. The van der Waals surface area contributed by atoms with E-state index in [0.717, 1.165) is 6.42 Å². The van der Waals surface area contributed by atoms with Crippen LogP contribution in [-0.2, 0) is 4.79 Å². The molecule has 2 N–H and O–H groups in total. The Morgan fingerprint density at radius 3 is 2.71 bits per heavy atom. The van der Waals surface area contributed by atoms with Crippen molar-refractivity contribution in [1.29, 1.82) is 0 Å². The van der Waals surface area contributed by atoms with E-state index in [1.165, 1.54) is 6.26 Å². The molecule has 0 aliphatic rings. The van der Waals surface area contributed by atoms with Gasteiger partial charge in [-0.25, -0.2) is 0 Å². The summed E-state index contributed by atoms with van der Waals surface area (Å²) in [6.07, 6.45) is 2.77. The van der Waals surface area contributed by atoms with Crippen molar-refractivity contribution in [2.45, 2.75) is 26.7 Å². The Morgan fingerprint density at radius 2 is 2.24 bits per heavy atom. The normalized spacial score (nSPS) is 12.1. The number of furan rings is 1. The Kier molecular flexibility index (Phi) is 4.75. The predicted octanol–water partition coefficient (Wildman–Crippen LogP) is 1.82. The fourth-order valence-corrected chi connectivity index (χ4v) is 1.59. The summed E-state index contributed by atoms with van der Waals surface area (Å²) in [5.74, 6) is -1.17. The van der Waals surface area contributed by atoms with Crippen LogP contribution >= 0.6 is 0 Å². The van der Waals surface area contributed by atoms with E-state index < -0.39 is 11.9 Å². The lowest BCUT2D eigenvalue weighted by Crippen LogP contribution is -2.33. The van der Waals surface area contributed by atoms with Gasteiger partial charge in [-0.2, -0.15) is 0 Å². The van der Waals surface area contributed by atoms with E-state index in [9.17, 15) is 9.59 Å². The van der Waals surface area contributed by atoms with E-state index in [1.807, 2.05) is 6.92 Å². The third-order valence-corrected chi connectivity index (χ3v) is 2.60. The van der Waals surface area contributed by atoms with Crippen LogP contribution in [0.5, 0.6) is 0 Å². The molecular weight excluding hydrogens is 222 g/mol. The smallest absolute Gasteiger partial charge is 0.308 e. The topological polar surface area (TPSA) is 79.5 Å². The molecule has 0 fully saturated rings. The van der Waals surface area contributed by atoms with Gasteiger partial charge in [-0.1, -0.05) is 13.3 Å². The number of rotatable bonds is 6. The van der Waals surface area contributed by atoms with Gasteiger partial charge in [0.1, 0.15) is 5.76 Å². The summed E-state index contributed by atoms with van der Waals surface area (Å²) in [7, 11) is 0. The van der Waals surface area contributed by atoms with E-state index in [4.69, 9.17) is 9.52 Å². The molecule has 1 unspecified atom stereocenters. The molecule has 1 heterocycles. The zero-order valence-electron chi connectivity index (χ0n) is 10.0. The third-order valence-electron chi connectivity index (χ3n) is 2.60. The van der Waals surface area contributed by atoms with Gasteiger partial charge in [0.05, 0.1) is 17.7 Å². The maximum absolute atomic E-state index is 11.7. The first kappa shape index (κ1) is 13.3. The number of amides is 1. The Hall–Kier alpha value is -1.78. The number of carbonyl (C=O) groups excluding carboxylic acids is 1. The van der Waals surface area contributed by atoms with E-state index in [1.54, 1.807) is 13.0 Å². The average Bonchev–Trinajstić information content (AvgIpc) is 2.69. The van der Waals surface area contributed by atoms with Crippen LogP contribution < -0.4 is 5.32 Å². The standard InChI is InChI=1S/C12H17NO4/c1-3-4-9(12(15)16)7-13-11(14)10-5-6-17-8(10)2/h5-6,9H,3-4,7H2,1-2H3,(H,13,14)(H,15,16). The SMILES string of the molecule is CCCC(CNC(=O)c1ccoc1C)C(=O)O. The minimum atomic E-state index is -0.879. The lowest BCUT2D eigenvalue weighted by molar-refractivity contribution is -0.141. The monoisotopic (exact) mass is 239 g/mol. The number of aryl methyl sites for hydroxylation is 1. The molecule has 1 amide bonds. The van der Waals surface area contributed by atoms with Gasteiger partial charge in [0.2, 0.25) is 0 Å². The summed E-state index contributed by atoms with van der Waals surface area (Å²) < 4.78 is 5.01. The van der Waals surface area contributed by atoms with Crippen molar-refractivity contribution in [2.24, 2.45) is 5.92 Å². The van der Waals surface area contributed by atoms with Crippen molar-refractivity contribution < 1.29 is 19.1 Å². The van der Waals surface area contributed by atoms with Crippen molar-refractivity contribution >= 4 is 11.9 Å². The molecule has 1 aromatic heterocycles. The van der Waals surface area contributed by atoms with E-state index >= 15 is 0 Å². The molecule has 94 valence electrons. The molecule has 1 aromatic rings. The minimum Gasteiger partial charge on any atom is -0.481 e. The fourth-order valence-electron chi connectivity index (χ4n) is 1.59. The second-order valence-electron chi connectivity index (χ2n) is 3.92. The predicted molar refractivity (Wildman–Crippen MR) is 61.8 cm³/mol. The summed E-state index contributed by atoms with van der Waals surface area (Å²) in [5, 5.41) is 11.5. The first-order chi connectivity index (χ1) is 8.06. The Bertz CT molecular complexity index is 397. The largest absolute Gasteiger partial charge is 0.481 e. The van der Waals surface area contributed by atoms with Gasteiger partial charge in [0, 0.05) is 6.54 Å². The molecule has 1 atom stereocenters. The molecule has 5 nitrogen and oxygen atoms in total. The second-order valence-corrected chi connectivity index (χ2v) is 3.92. The van der Waals surface area contributed by atoms with Crippen LogP contribution in [0.25, 0.3) is 0 Å². The number of nitrogens with one attached hydrogen (secondary N) is 1. The average molecular weight is 239 g/mol. The van der Waals surface area contributed by atoms with Crippen LogP contribution in [0.3, 0.4) is 0 Å². The first-order valence-electron chi connectivity index (χ1n) is 5.61. The van der Waals surface area contributed by atoms with Gasteiger partial charge in [-0.3, -0.25) is 9.59 Å². The number of aliphatic carboxylic acids is 1. The number of carboxylic acid groups (broad SMARTS) is 1. The minimum absolute atomic E-state index is 0.145. The molecule has 17 heavy (non-hydrogen) atoms. The molecule has 5 heteroatoms. The molecule has 0 saturated heterocycles. The van der Waals surface area contributed by atoms with Crippen molar-refractivity contribution in [3.63, 3.8) is 0 Å². The number of carboxylic acids is 1. The zero-order chi connectivity index (χ0) is 12.8. The van der Waals surface area contributed by atoms with Crippen LogP contribution in [0.2, 0.25) is 0 Å².